The summed E-state index contributed by atoms with van der Waals surface area (Å²) in [6.07, 6.45) is -59.3. The van der Waals surface area contributed by atoms with Gasteiger partial charge in [-0.05, 0) is 6.42 Å². The van der Waals surface area contributed by atoms with E-state index >= 15 is 0 Å². The fraction of sp³-hybridized carbons (Fsp3) is 0.982. The van der Waals surface area contributed by atoms with Crippen molar-refractivity contribution in [2.24, 2.45) is 0 Å². The van der Waals surface area contributed by atoms with Crippen molar-refractivity contribution in [2.45, 2.75) is 299 Å². The fourth-order valence-corrected chi connectivity index (χ4v) is 12.7. The van der Waals surface area contributed by atoms with Gasteiger partial charge in [-0.1, -0.05) is 71.1 Å². The Morgan fingerprint density at radius 3 is 0.652 bits per heavy atom. The van der Waals surface area contributed by atoms with Crippen LogP contribution < -0.4 is 5.32 Å². The molecule has 0 aromatic rings. The maximum Gasteiger partial charge on any atom is 0.220 e. The molecule has 21 aliphatic rings. The molecule has 36 nitrogen and oxygen atoms in total. The molecule has 21 N–H and O–H groups in total. The maximum absolute atomic E-state index is 13.4. The Bertz CT molecular complexity index is 2160. The molecule has 0 radical (unpaired) electrons. The van der Waals surface area contributed by atoms with E-state index in [1.807, 2.05) is 0 Å². The highest BCUT2D eigenvalue weighted by Gasteiger charge is 2.59. The Morgan fingerprint density at radius 1 is 0.261 bits per heavy atom. The Morgan fingerprint density at radius 2 is 0.446 bits per heavy atom. The van der Waals surface area contributed by atoms with Gasteiger partial charge < -0.3 is 174 Å². The highest BCUT2D eigenvalue weighted by Crippen LogP contribution is 2.39. The summed E-state index contributed by atoms with van der Waals surface area (Å²) in [5.41, 5.74) is 0. The van der Waals surface area contributed by atoms with Crippen molar-refractivity contribution in [2.75, 3.05) is 46.2 Å². The lowest BCUT2D eigenvalue weighted by Gasteiger charge is -2.50. The van der Waals surface area contributed by atoms with E-state index in [-0.39, 0.29) is 6.42 Å². The molecule has 21 fully saturated rings. The minimum Gasteiger partial charge on any atom is -0.394 e. The average Bonchev–Trinajstić information content (AvgIpc) is 0.816. The highest BCUT2D eigenvalue weighted by atomic mass is 16.8. The first kappa shape index (κ1) is 75.9. The molecule has 21 rings (SSSR count). The molecule has 92 heavy (non-hydrogen) atoms. The molecule has 14 bridgehead atoms. The summed E-state index contributed by atoms with van der Waals surface area (Å²) in [5.74, 6) is -0.490. The maximum atomic E-state index is 13.4. The molecule has 21 heterocycles. The van der Waals surface area contributed by atoms with Gasteiger partial charge in [-0.3, -0.25) is 4.79 Å². The van der Waals surface area contributed by atoms with Crippen LogP contribution in [0.5, 0.6) is 0 Å². The number of hydrogen-bond acceptors (Lipinski definition) is 35. The van der Waals surface area contributed by atoms with Crippen molar-refractivity contribution in [3.8, 4) is 0 Å². The zero-order chi connectivity index (χ0) is 66.8. The van der Waals surface area contributed by atoms with Gasteiger partial charge in [0.05, 0.1) is 39.6 Å². The number of aliphatic hydroxyl groups excluding tert-OH is 20. The molecule has 35 atom stereocenters. The van der Waals surface area contributed by atoms with Crippen LogP contribution in [0.2, 0.25) is 0 Å². The lowest BCUT2D eigenvalue weighted by molar-refractivity contribution is -0.396. The van der Waals surface area contributed by atoms with Gasteiger partial charge in [-0.15, -0.1) is 0 Å². The third kappa shape index (κ3) is 17.4. The minimum atomic E-state index is -2.22. The van der Waals surface area contributed by atoms with Gasteiger partial charge >= 0.3 is 0 Å². The predicted octanol–water partition coefficient (Wildman–Crippen LogP) is -10.4. The first-order chi connectivity index (χ1) is 44.0. The molecular weight excluding hydrogens is 1250 g/mol. The molecule has 1 amide bonds. The predicted molar refractivity (Wildman–Crippen MR) is 295 cm³/mol. The molecule has 0 aromatic carbocycles. The third-order valence-electron chi connectivity index (χ3n) is 18.1. The number of ether oxygens (including phenoxy) is 14. The molecule has 21 saturated heterocycles. The molecule has 536 valence electrons. The summed E-state index contributed by atoms with van der Waals surface area (Å²) < 4.78 is 81.4. The van der Waals surface area contributed by atoms with Crippen LogP contribution >= 0.6 is 0 Å². The number of hydrogen-bond donors (Lipinski definition) is 21. The van der Waals surface area contributed by atoms with Crippen LogP contribution in [-0.2, 0) is 71.1 Å². The number of unbranched alkanes of at least 4 members (excludes halogenated alkanes) is 10. The number of aliphatic hydroxyl groups is 20. The van der Waals surface area contributed by atoms with E-state index in [4.69, 9.17) is 66.3 Å². The number of amides is 1. The molecular formula is C56H97NO35. The van der Waals surface area contributed by atoms with E-state index in [2.05, 4.69) is 12.2 Å². The van der Waals surface area contributed by atoms with Gasteiger partial charge in [0, 0.05) is 13.0 Å². The average molecular weight is 1340 g/mol. The fourth-order valence-electron chi connectivity index (χ4n) is 12.7. The SMILES string of the molecule is CCCCCCCCCCCCCC(=O)NC[C@H]1O[C@@H]2O[C@H]3[C@H](O)[C@@H](O)[C@@H](O[C@H]4[C@H](O)[C@@H](O)[C@@H](O[C@H]5[C@H](O)[C@@H](O)[C@@H](O[C@H]6[C@H](O)[C@@H](O)[C@@H](O[C@H]7[C@H](O)[C@@H](O)[C@@H](O[C@H]8[C@H](O)[C@@H](O)[C@@H](O[C@H]1[C@H](O)[C@H]2O)O[C@@H]8CO)O[C@@H]7CO)O[C@@H]6CO)O[C@@H]5CO)O[C@@H]4CO)O[C@@H]3CO. The Labute approximate surface area is 528 Å². The molecule has 0 aliphatic carbocycles. The summed E-state index contributed by atoms with van der Waals surface area (Å²) in [6.45, 7) is -4.69. The van der Waals surface area contributed by atoms with Crippen molar-refractivity contribution in [1.82, 2.24) is 5.32 Å². The summed E-state index contributed by atoms with van der Waals surface area (Å²) in [6, 6.07) is 0. The Hall–Kier alpha value is -1.89. The Kier molecular flexibility index (Phi) is 29.1. The van der Waals surface area contributed by atoms with Gasteiger partial charge in [0.1, 0.15) is 171 Å². The van der Waals surface area contributed by atoms with Gasteiger partial charge in [0.2, 0.25) is 5.91 Å². The second-order valence-corrected chi connectivity index (χ2v) is 24.6. The van der Waals surface area contributed by atoms with Crippen LogP contribution in [0.1, 0.15) is 84.0 Å². The molecule has 0 spiro atoms. The standard InChI is InChI=1S/C56H97NO35/c1-2-3-4-5-6-7-8-9-10-11-12-13-28(64)57-14-21-43-29(65)36(72)50(79-21)87-44-22(15-58)81-52(38(74)31(44)67)89-46-24(17-60)83-54(40(76)33(46)69)91-48-26(19-62)85-56(42(78)35(48)71)92-49-27(20-63)84-55(41(77)34(49)70)90-47-25(18-61)82-53(39(75)32(47)68)88-45-23(16-59)80-51(86-43)37(73)30(45)66/h21-27,29-56,58-63,65-78H,2-20H2,1H3,(H,57,64)/t21-,22-,23-,24-,25-,26-,27-,29-,30-,31-,32-,33-,34-,35-,36-,37-,38-,39-,40-,41-,42-,43-,44-,45-,46-,47-,48-,49-,50-,51-,52-,53-,54-,55-,56-/m1/s1. The number of carbonyl (C=O) groups is 1. The van der Waals surface area contributed by atoms with Crippen LogP contribution in [0.15, 0.2) is 0 Å². The third-order valence-corrected chi connectivity index (χ3v) is 18.1. The zero-order valence-corrected chi connectivity index (χ0v) is 50.7. The number of nitrogens with one attached hydrogen (secondary N) is 1. The van der Waals surface area contributed by atoms with E-state index in [9.17, 15) is 107 Å². The van der Waals surface area contributed by atoms with Gasteiger partial charge in [-0.2, -0.15) is 0 Å². The van der Waals surface area contributed by atoms with E-state index in [1.54, 1.807) is 0 Å². The molecule has 0 unspecified atom stereocenters. The normalized spacial score (nSPS) is 48.2. The number of rotatable bonds is 20. The molecule has 21 aliphatic heterocycles. The van der Waals surface area contributed by atoms with Crippen LogP contribution in [-0.4, -0.2) is 369 Å². The number of carbonyl (C=O) groups excluding carboxylic acids is 1. The van der Waals surface area contributed by atoms with Gasteiger partial charge in [0.15, 0.2) is 44.0 Å². The lowest BCUT2D eigenvalue weighted by Crippen LogP contribution is -2.68. The largest absolute Gasteiger partial charge is 0.394 e. The van der Waals surface area contributed by atoms with Crippen LogP contribution in [0.3, 0.4) is 0 Å². The summed E-state index contributed by atoms with van der Waals surface area (Å²) in [7, 11) is 0. The van der Waals surface area contributed by atoms with E-state index in [0.29, 0.717) is 6.42 Å². The lowest BCUT2D eigenvalue weighted by atomic mass is 9.95. The zero-order valence-electron chi connectivity index (χ0n) is 50.7. The van der Waals surface area contributed by atoms with Crippen molar-refractivity contribution in [3.05, 3.63) is 0 Å². The van der Waals surface area contributed by atoms with Gasteiger partial charge in [-0.25, -0.2) is 0 Å². The highest BCUT2D eigenvalue weighted by molar-refractivity contribution is 5.75. The molecule has 36 heteroatoms. The summed E-state index contributed by atoms with van der Waals surface area (Å²) in [4.78, 5) is 13.4. The van der Waals surface area contributed by atoms with Crippen molar-refractivity contribution in [3.63, 3.8) is 0 Å². The minimum absolute atomic E-state index is 0.0426. The topological polar surface area (TPSA) is 563 Å². The first-order valence-electron chi connectivity index (χ1n) is 31.7. The molecule has 0 aromatic heterocycles. The van der Waals surface area contributed by atoms with Crippen molar-refractivity contribution >= 4 is 5.91 Å². The van der Waals surface area contributed by atoms with Crippen LogP contribution in [0.25, 0.3) is 0 Å². The van der Waals surface area contributed by atoms with E-state index in [0.717, 1.165) is 44.9 Å². The Balaban J connectivity index is 1.05. The molecule has 0 saturated carbocycles. The smallest absolute Gasteiger partial charge is 0.220 e. The van der Waals surface area contributed by atoms with Crippen LogP contribution in [0.4, 0.5) is 0 Å². The summed E-state index contributed by atoms with van der Waals surface area (Å²) >= 11 is 0. The van der Waals surface area contributed by atoms with Gasteiger partial charge in [0.25, 0.3) is 0 Å². The monoisotopic (exact) mass is 1340 g/mol. The summed E-state index contributed by atoms with van der Waals surface area (Å²) in [5, 5.41) is 227. The van der Waals surface area contributed by atoms with E-state index < -0.39 is 267 Å². The van der Waals surface area contributed by atoms with E-state index in [1.165, 1.54) is 19.3 Å². The first-order valence-corrected chi connectivity index (χ1v) is 31.7. The second-order valence-electron chi connectivity index (χ2n) is 24.6. The van der Waals surface area contributed by atoms with Crippen molar-refractivity contribution < 1.29 is 173 Å². The second kappa shape index (κ2) is 35.2. The van der Waals surface area contributed by atoms with Crippen LogP contribution in [0, 0.1) is 0 Å². The quantitative estimate of drug-likeness (QED) is 0.0503. The van der Waals surface area contributed by atoms with Crippen molar-refractivity contribution in [1.29, 1.82) is 0 Å².